The minimum Gasteiger partial charge on any atom is -0.455 e. The molecule has 1 heterocycles. The van der Waals surface area contributed by atoms with Crippen molar-refractivity contribution in [3.8, 4) is 44.5 Å². The highest BCUT2D eigenvalue weighted by atomic mass is 16.3. The van der Waals surface area contributed by atoms with Crippen LogP contribution < -0.4 is 0 Å². The third kappa shape index (κ3) is 4.71. The molecule has 0 bridgehead atoms. The quantitative estimate of drug-likeness (QED) is 0.170. The molecule has 11 rings (SSSR count). The number of fused-ring (bicyclic) bond motifs is 7. The van der Waals surface area contributed by atoms with Gasteiger partial charge in [-0.05, 0) is 100 Å². The summed E-state index contributed by atoms with van der Waals surface area (Å²) in [5.41, 5.74) is 11.5. The van der Waals surface area contributed by atoms with Crippen LogP contribution in [0.4, 0.5) is 0 Å². The maximum absolute atomic E-state index is 6.58. The van der Waals surface area contributed by atoms with Crippen LogP contribution in [0.3, 0.4) is 0 Å². The minimum atomic E-state index is 0.914. The van der Waals surface area contributed by atoms with Crippen LogP contribution in [0.5, 0.6) is 0 Å². The SMILES string of the molecule is c1ccc2cc(-c3ccc(-c4c5ccccc5c(-c5ccc(-c6c7ccccc7cc7c6oc6ccccc67)cc5)c5ccccc45)cc3)ccc2c1. The minimum absolute atomic E-state index is 0.914. The fraction of sp³-hybridized carbons (Fsp3) is 0. The van der Waals surface area contributed by atoms with Gasteiger partial charge in [-0.25, -0.2) is 0 Å². The number of para-hydroxylation sites is 1. The molecule has 0 saturated carbocycles. The first kappa shape index (κ1) is 29.7. The molecular weight excluding hydrogens is 641 g/mol. The smallest absolute Gasteiger partial charge is 0.143 e. The highest BCUT2D eigenvalue weighted by Crippen LogP contribution is 2.46. The Kier molecular flexibility index (Phi) is 6.62. The Morgan fingerprint density at radius 1 is 0.245 bits per heavy atom. The predicted molar refractivity (Wildman–Crippen MR) is 225 cm³/mol. The second-order valence-electron chi connectivity index (χ2n) is 14.0. The van der Waals surface area contributed by atoms with Crippen LogP contribution in [0.1, 0.15) is 0 Å². The Hall–Kier alpha value is -6.96. The summed E-state index contributed by atoms with van der Waals surface area (Å²) >= 11 is 0. The lowest BCUT2D eigenvalue weighted by Gasteiger charge is -2.18. The summed E-state index contributed by atoms with van der Waals surface area (Å²) in [7, 11) is 0. The van der Waals surface area contributed by atoms with E-state index in [1.165, 1.54) is 76.5 Å². The van der Waals surface area contributed by atoms with Gasteiger partial charge < -0.3 is 4.42 Å². The van der Waals surface area contributed by atoms with E-state index in [9.17, 15) is 0 Å². The van der Waals surface area contributed by atoms with Crippen molar-refractivity contribution in [3.05, 3.63) is 194 Å². The standard InChI is InChI=1S/C52H32O/c1-2-12-38-31-39(30-23-33(38)11-1)34-21-24-35(25-22-34)49-43-16-5-7-18-45(43)50(46-19-8-6-17-44(46)49)36-26-28-37(29-27-36)51-41-14-4-3-13-40(41)32-47-42-15-9-10-20-48(42)53-52(47)51/h1-32H. The first-order chi connectivity index (χ1) is 26.3. The molecule has 0 amide bonds. The second kappa shape index (κ2) is 11.8. The molecule has 1 heteroatoms. The molecule has 1 nitrogen and oxygen atoms in total. The van der Waals surface area contributed by atoms with Gasteiger partial charge in [-0.1, -0.05) is 176 Å². The maximum atomic E-state index is 6.58. The highest BCUT2D eigenvalue weighted by Gasteiger charge is 2.19. The van der Waals surface area contributed by atoms with Crippen LogP contribution in [-0.2, 0) is 0 Å². The van der Waals surface area contributed by atoms with Gasteiger partial charge in [0.25, 0.3) is 0 Å². The molecule has 0 radical (unpaired) electrons. The normalized spacial score (nSPS) is 11.8. The highest BCUT2D eigenvalue weighted by molar-refractivity contribution is 6.22. The van der Waals surface area contributed by atoms with Crippen molar-refractivity contribution in [2.45, 2.75) is 0 Å². The van der Waals surface area contributed by atoms with Crippen LogP contribution in [0.2, 0.25) is 0 Å². The van der Waals surface area contributed by atoms with Crippen molar-refractivity contribution >= 4 is 65.0 Å². The average molecular weight is 673 g/mol. The number of benzene rings is 10. The van der Waals surface area contributed by atoms with Gasteiger partial charge >= 0.3 is 0 Å². The van der Waals surface area contributed by atoms with E-state index in [4.69, 9.17) is 4.42 Å². The van der Waals surface area contributed by atoms with E-state index in [1.807, 2.05) is 6.07 Å². The molecule has 10 aromatic carbocycles. The number of hydrogen-bond donors (Lipinski definition) is 0. The van der Waals surface area contributed by atoms with Gasteiger partial charge in [0.05, 0.1) is 0 Å². The molecule has 53 heavy (non-hydrogen) atoms. The van der Waals surface area contributed by atoms with Crippen molar-refractivity contribution in [1.29, 1.82) is 0 Å². The zero-order valence-corrected chi connectivity index (χ0v) is 28.9. The summed E-state index contributed by atoms with van der Waals surface area (Å²) in [5.74, 6) is 0. The summed E-state index contributed by atoms with van der Waals surface area (Å²) in [6.07, 6.45) is 0. The lowest BCUT2D eigenvalue weighted by Crippen LogP contribution is -1.91. The first-order valence-electron chi connectivity index (χ1n) is 18.3. The number of hydrogen-bond acceptors (Lipinski definition) is 1. The predicted octanol–water partition coefficient (Wildman–Crippen LogP) is 14.9. The molecule has 1 aromatic heterocycles. The topological polar surface area (TPSA) is 13.1 Å². The van der Waals surface area contributed by atoms with E-state index in [1.54, 1.807) is 0 Å². The molecule has 0 unspecified atom stereocenters. The molecular formula is C52H32O. The summed E-state index contributed by atoms with van der Waals surface area (Å²) in [4.78, 5) is 0. The van der Waals surface area contributed by atoms with Crippen molar-refractivity contribution in [2.75, 3.05) is 0 Å². The lowest BCUT2D eigenvalue weighted by atomic mass is 9.85. The molecule has 0 aliphatic carbocycles. The first-order valence-corrected chi connectivity index (χ1v) is 18.3. The maximum Gasteiger partial charge on any atom is 0.143 e. The van der Waals surface area contributed by atoms with Crippen molar-refractivity contribution in [2.24, 2.45) is 0 Å². The van der Waals surface area contributed by atoms with Crippen LogP contribution in [0, 0.1) is 0 Å². The number of rotatable bonds is 4. The molecule has 0 aliphatic rings. The zero-order chi connectivity index (χ0) is 34.9. The van der Waals surface area contributed by atoms with Gasteiger partial charge in [-0.2, -0.15) is 0 Å². The van der Waals surface area contributed by atoms with E-state index in [-0.39, 0.29) is 0 Å². The van der Waals surface area contributed by atoms with E-state index < -0.39 is 0 Å². The number of furan rings is 1. The van der Waals surface area contributed by atoms with E-state index in [0.717, 1.165) is 33.1 Å². The van der Waals surface area contributed by atoms with E-state index in [2.05, 4.69) is 188 Å². The summed E-state index contributed by atoms with van der Waals surface area (Å²) in [6.45, 7) is 0. The largest absolute Gasteiger partial charge is 0.455 e. The van der Waals surface area contributed by atoms with Gasteiger partial charge in [0, 0.05) is 16.3 Å². The summed E-state index contributed by atoms with van der Waals surface area (Å²) in [6, 6.07) is 70.5. The third-order valence-corrected chi connectivity index (χ3v) is 11.0. The summed E-state index contributed by atoms with van der Waals surface area (Å²) < 4.78 is 6.58. The van der Waals surface area contributed by atoms with Crippen LogP contribution in [-0.4, -0.2) is 0 Å². The average Bonchev–Trinajstić information content (AvgIpc) is 3.60. The fourth-order valence-corrected chi connectivity index (χ4v) is 8.56. The zero-order valence-electron chi connectivity index (χ0n) is 28.9. The molecule has 246 valence electrons. The molecule has 0 saturated heterocycles. The molecule has 0 aliphatic heterocycles. The Morgan fingerprint density at radius 2 is 0.679 bits per heavy atom. The van der Waals surface area contributed by atoms with Gasteiger partial charge in [-0.3, -0.25) is 0 Å². The van der Waals surface area contributed by atoms with Gasteiger partial charge in [0.2, 0.25) is 0 Å². The van der Waals surface area contributed by atoms with E-state index in [0.29, 0.717) is 0 Å². The Balaban J connectivity index is 1.06. The third-order valence-electron chi connectivity index (χ3n) is 11.0. The van der Waals surface area contributed by atoms with Crippen LogP contribution in [0.15, 0.2) is 199 Å². The summed E-state index contributed by atoms with van der Waals surface area (Å²) in [5, 5.41) is 12.2. The van der Waals surface area contributed by atoms with Gasteiger partial charge in [-0.15, -0.1) is 0 Å². The van der Waals surface area contributed by atoms with Crippen LogP contribution >= 0.6 is 0 Å². The van der Waals surface area contributed by atoms with Gasteiger partial charge in [0.1, 0.15) is 11.2 Å². The molecule has 0 fully saturated rings. The Morgan fingerprint density at radius 3 is 1.28 bits per heavy atom. The Bertz CT molecular complexity index is 3140. The molecule has 0 spiro atoms. The van der Waals surface area contributed by atoms with E-state index >= 15 is 0 Å². The lowest BCUT2D eigenvalue weighted by molar-refractivity contribution is 0.670. The molecule has 0 atom stereocenters. The van der Waals surface area contributed by atoms with Crippen molar-refractivity contribution in [3.63, 3.8) is 0 Å². The van der Waals surface area contributed by atoms with Crippen LogP contribution in [0.25, 0.3) is 110 Å². The second-order valence-corrected chi connectivity index (χ2v) is 14.0. The van der Waals surface area contributed by atoms with Crippen molar-refractivity contribution in [1.82, 2.24) is 0 Å². The fourth-order valence-electron chi connectivity index (χ4n) is 8.56. The monoisotopic (exact) mass is 672 g/mol. The van der Waals surface area contributed by atoms with Gasteiger partial charge in [0.15, 0.2) is 0 Å². The molecule has 11 aromatic rings. The molecule has 0 N–H and O–H groups in total. The van der Waals surface area contributed by atoms with Crippen molar-refractivity contribution < 1.29 is 4.42 Å². The Labute approximate surface area is 307 Å².